The minimum atomic E-state index is -0.305. The van der Waals surface area contributed by atoms with Crippen molar-refractivity contribution in [3.05, 3.63) is 29.6 Å². The third-order valence-corrected chi connectivity index (χ3v) is 3.03. The van der Waals surface area contributed by atoms with Gasteiger partial charge in [0.25, 0.3) is 0 Å². The molecular weight excluding hydrogens is 245 g/mol. The molecule has 1 aliphatic heterocycles. The summed E-state index contributed by atoms with van der Waals surface area (Å²) in [6.45, 7) is 8.06. The molecule has 1 aliphatic rings. The third kappa shape index (κ3) is 4.18. The van der Waals surface area contributed by atoms with E-state index in [1.165, 1.54) is 6.07 Å². The minimum absolute atomic E-state index is 0.0138. The molecule has 0 aromatic heterocycles. The summed E-state index contributed by atoms with van der Waals surface area (Å²) in [5.74, 6) is 0.0508. The maximum Gasteiger partial charge on any atom is 0.165 e. The second kappa shape index (κ2) is 5.88. The third-order valence-electron chi connectivity index (χ3n) is 3.03. The van der Waals surface area contributed by atoms with Crippen molar-refractivity contribution in [2.24, 2.45) is 0 Å². The summed E-state index contributed by atoms with van der Waals surface area (Å²) in [6.07, 6.45) is 0.783. The van der Waals surface area contributed by atoms with E-state index in [9.17, 15) is 4.39 Å². The number of para-hydroxylation sites is 1. The average Bonchev–Trinajstić information content (AvgIpc) is 2.82. The van der Waals surface area contributed by atoms with Gasteiger partial charge in [0, 0.05) is 24.1 Å². The van der Waals surface area contributed by atoms with E-state index in [2.05, 4.69) is 26.1 Å². The average molecular weight is 267 g/mol. The van der Waals surface area contributed by atoms with Crippen molar-refractivity contribution in [3.63, 3.8) is 0 Å². The molecule has 19 heavy (non-hydrogen) atoms. The van der Waals surface area contributed by atoms with Gasteiger partial charge >= 0.3 is 0 Å². The fraction of sp³-hybridized carbons (Fsp3) is 0.600. The fourth-order valence-corrected chi connectivity index (χ4v) is 1.96. The highest BCUT2D eigenvalue weighted by Gasteiger charge is 2.21. The molecule has 0 saturated carbocycles. The Kier molecular flexibility index (Phi) is 4.42. The predicted octanol–water partition coefficient (Wildman–Crippen LogP) is 2.88. The van der Waals surface area contributed by atoms with Crippen LogP contribution in [0.15, 0.2) is 18.2 Å². The number of hydrogen-bond donors (Lipinski definition) is 1. The van der Waals surface area contributed by atoms with Crippen molar-refractivity contribution in [2.75, 3.05) is 13.2 Å². The Labute approximate surface area is 114 Å². The van der Waals surface area contributed by atoms with Gasteiger partial charge in [0.05, 0.1) is 13.2 Å². The van der Waals surface area contributed by atoms with Gasteiger partial charge in [-0.3, -0.25) is 0 Å². The number of nitrogens with one attached hydrogen (secondary N) is 1. The molecule has 0 bridgehead atoms. The Morgan fingerprint density at radius 2 is 2.21 bits per heavy atom. The topological polar surface area (TPSA) is 30.5 Å². The van der Waals surface area contributed by atoms with E-state index in [1.807, 2.05) is 6.07 Å². The lowest BCUT2D eigenvalue weighted by Crippen LogP contribution is -2.35. The fourth-order valence-electron chi connectivity index (χ4n) is 1.96. The summed E-state index contributed by atoms with van der Waals surface area (Å²) in [5, 5.41) is 3.35. The van der Waals surface area contributed by atoms with Crippen molar-refractivity contribution in [1.29, 1.82) is 0 Å². The molecule has 1 saturated heterocycles. The SMILES string of the molecule is CC(C)(C)NCc1cccc(F)c1OC1CCOC1. The number of hydrogen-bond acceptors (Lipinski definition) is 3. The van der Waals surface area contributed by atoms with Crippen molar-refractivity contribution in [3.8, 4) is 5.75 Å². The van der Waals surface area contributed by atoms with Crippen LogP contribution in [0.1, 0.15) is 32.8 Å². The molecule has 1 fully saturated rings. The summed E-state index contributed by atoms with van der Waals surface area (Å²) in [4.78, 5) is 0. The van der Waals surface area contributed by atoms with Gasteiger partial charge in [-0.2, -0.15) is 0 Å². The lowest BCUT2D eigenvalue weighted by Gasteiger charge is -2.22. The summed E-state index contributed by atoms with van der Waals surface area (Å²) in [6, 6.07) is 5.05. The molecule has 1 aromatic carbocycles. The largest absolute Gasteiger partial charge is 0.485 e. The van der Waals surface area contributed by atoms with Gasteiger partial charge in [0.1, 0.15) is 6.10 Å². The Balaban J connectivity index is 2.10. The molecule has 2 rings (SSSR count). The number of rotatable bonds is 4. The van der Waals surface area contributed by atoms with E-state index in [1.54, 1.807) is 6.07 Å². The van der Waals surface area contributed by atoms with Gasteiger partial charge in [-0.1, -0.05) is 12.1 Å². The van der Waals surface area contributed by atoms with Crippen LogP contribution in [-0.2, 0) is 11.3 Å². The second-order valence-corrected chi connectivity index (χ2v) is 5.94. The van der Waals surface area contributed by atoms with Crippen LogP contribution in [0.2, 0.25) is 0 Å². The highest BCUT2D eigenvalue weighted by molar-refractivity contribution is 5.35. The molecule has 1 heterocycles. The van der Waals surface area contributed by atoms with Crippen LogP contribution in [0, 0.1) is 5.82 Å². The quantitative estimate of drug-likeness (QED) is 0.910. The van der Waals surface area contributed by atoms with Crippen LogP contribution in [0.3, 0.4) is 0 Å². The molecule has 0 radical (unpaired) electrons. The molecule has 1 unspecified atom stereocenters. The minimum Gasteiger partial charge on any atom is -0.485 e. The number of ether oxygens (including phenoxy) is 2. The lowest BCUT2D eigenvalue weighted by atomic mass is 10.1. The predicted molar refractivity (Wildman–Crippen MR) is 72.8 cm³/mol. The number of halogens is 1. The molecule has 1 aromatic rings. The van der Waals surface area contributed by atoms with E-state index in [-0.39, 0.29) is 17.5 Å². The lowest BCUT2D eigenvalue weighted by molar-refractivity contribution is 0.137. The molecule has 1 N–H and O–H groups in total. The molecule has 0 aliphatic carbocycles. The maximum absolute atomic E-state index is 13.9. The van der Waals surface area contributed by atoms with E-state index in [0.29, 0.717) is 25.5 Å². The molecule has 106 valence electrons. The van der Waals surface area contributed by atoms with Gasteiger partial charge in [0.2, 0.25) is 0 Å². The van der Waals surface area contributed by atoms with Crippen molar-refractivity contribution in [2.45, 2.75) is 45.4 Å². The maximum atomic E-state index is 13.9. The Morgan fingerprint density at radius 3 is 2.84 bits per heavy atom. The Bertz CT molecular complexity index is 423. The highest BCUT2D eigenvalue weighted by Crippen LogP contribution is 2.26. The Hall–Kier alpha value is -1.13. The smallest absolute Gasteiger partial charge is 0.165 e. The van der Waals surface area contributed by atoms with E-state index < -0.39 is 0 Å². The Morgan fingerprint density at radius 1 is 1.42 bits per heavy atom. The van der Waals surface area contributed by atoms with Crippen molar-refractivity contribution < 1.29 is 13.9 Å². The first-order valence-corrected chi connectivity index (χ1v) is 6.72. The van der Waals surface area contributed by atoms with Crippen LogP contribution < -0.4 is 10.1 Å². The summed E-state index contributed by atoms with van der Waals surface area (Å²) in [5.41, 5.74) is 0.835. The van der Waals surface area contributed by atoms with Crippen LogP contribution >= 0.6 is 0 Å². The summed E-state index contributed by atoms with van der Waals surface area (Å²) >= 11 is 0. The zero-order valence-corrected chi connectivity index (χ0v) is 11.8. The molecule has 1 atom stereocenters. The first kappa shape index (κ1) is 14.3. The number of benzene rings is 1. The van der Waals surface area contributed by atoms with Gasteiger partial charge < -0.3 is 14.8 Å². The van der Waals surface area contributed by atoms with Crippen molar-refractivity contribution >= 4 is 0 Å². The second-order valence-electron chi connectivity index (χ2n) is 5.94. The molecule has 0 spiro atoms. The summed E-state index contributed by atoms with van der Waals surface area (Å²) < 4.78 is 25.0. The first-order valence-electron chi connectivity index (χ1n) is 6.72. The van der Waals surface area contributed by atoms with Gasteiger partial charge in [-0.15, -0.1) is 0 Å². The highest BCUT2D eigenvalue weighted by atomic mass is 19.1. The van der Waals surface area contributed by atoms with Crippen LogP contribution in [0.5, 0.6) is 5.75 Å². The van der Waals surface area contributed by atoms with Crippen molar-refractivity contribution in [1.82, 2.24) is 5.32 Å². The van der Waals surface area contributed by atoms with Crippen LogP contribution in [0.4, 0.5) is 4.39 Å². The van der Waals surface area contributed by atoms with Crippen LogP contribution in [-0.4, -0.2) is 24.9 Å². The van der Waals surface area contributed by atoms with E-state index >= 15 is 0 Å². The monoisotopic (exact) mass is 267 g/mol. The molecule has 3 nitrogen and oxygen atoms in total. The van der Waals surface area contributed by atoms with Gasteiger partial charge in [-0.05, 0) is 26.8 Å². The molecular formula is C15H22FNO2. The normalized spacial score (nSPS) is 19.7. The van der Waals surface area contributed by atoms with Gasteiger partial charge in [0.15, 0.2) is 11.6 Å². The van der Waals surface area contributed by atoms with Crippen LogP contribution in [0.25, 0.3) is 0 Å². The molecule has 0 amide bonds. The zero-order chi connectivity index (χ0) is 13.9. The summed E-state index contributed by atoms with van der Waals surface area (Å²) in [7, 11) is 0. The zero-order valence-electron chi connectivity index (χ0n) is 11.8. The van der Waals surface area contributed by atoms with Gasteiger partial charge in [-0.25, -0.2) is 4.39 Å². The van der Waals surface area contributed by atoms with E-state index in [4.69, 9.17) is 9.47 Å². The standard InChI is InChI=1S/C15H22FNO2/c1-15(2,3)17-9-11-5-4-6-13(16)14(11)19-12-7-8-18-10-12/h4-6,12,17H,7-10H2,1-3H3. The first-order chi connectivity index (χ1) is 8.96. The van der Waals surface area contributed by atoms with E-state index in [0.717, 1.165) is 12.0 Å². The molecule has 4 heteroatoms.